The molecule has 130 valence electrons. The van der Waals surface area contributed by atoms with E-state index in [1.165, 1.54) is 0 Å². The van der Waals surface area contributed by atoms with Crippen LogP contribution in [-0.2, 0) is 4.79 Å². The average molecular weight is 339 g/mol. The Kier molecular flexibility index (Phi) is 3.99. The fourth-order valence-corrected chi connectivity index (χ4v) is 3.27. The Morgan fingerprint density at radius 3 is 2.44 bits per heavy atom. The van der Waals surface area contributed by atoms with E-state index in [2.05, 4.69) is 17.0 Å². The molecule has 2 amide bonds. The van der Waals surface area contributed by atoms with Crippen molar-refractivity contribution < 1.29 is 9.59 Å². The first-order valence-electron chi connectivity index (χ1n) is 8.68. The predicted octanol–water partition coefficient (Wildman–Crippen LogP) is 1.21. The average Bonchev–Trinajstić information content (AvgIpc) is 3.14. The zero-order valence-corrected chi connectivity index (χ0v) is 14.2. The Morgan fingerprint density at radius 1 is 1.08 bits per heavy atom. The molecule has 0 radical (unpaired) electrons. The molecule has 0 spiro atoms. The molecule has 2 aromatic heterocycles. The maximum atomic E-state index is 12.7. The van der Waals surface area contributed by atoms with E-state index < -0.39 is 0 Å². The van der Waals surface area contributed by atoms with E-state index in [0.717, 1.165) is 6.42 Å². The van der Waals surface area contributed by atoms with Gasteiger partial charge in [-0.2, -0.15) is 5.10 Å². The number of nitrogens with zero attached hydrogens (tertiary/aromatic N) is 5. The molecule has 2 fully saturated rings. The summed E-state index contributed by atoms with van der Waals surface area (Å²) in [6, 6.07) is 7.16. The van der Waals surface area contributed by atoms with Crippen molar-refractivity contribution in [2.45, 2.75) is 13.3 Å². The van der Waals surface area contributed by atoms with Gasteiger partial charge < -0.3 is 9.80 Å². The van der Waals surface area contributed by atoms with Gasteiger partial charge in [0.05, 0.1) is 0 Å². The van der Waals surface area contributed by atoms with Crippen molar-refractivity contribution in [3.63, 3.8) is 0 Å². The van der Waals surface area contributed by atoms with Crippen LogP contribution in [0.15, 0.2) is 36.7 Å². The lowest BCUT2D eigenvalue weighted by Gasteiger charge is -2.34. The number of hydrogen-bond donors (Lipinski definition) is 0. The first-order valence-corrected chi connectivity index (χ1v) is 8.68. The van der Waals surface area contributed by atoms with E-state index in [0.29, 0.717) is 43.6 Å². The van der Waals surface area contributed by atoms with Crippen molar-refractivity contribution in [2.24, 2.45) is 11.8 Å². The van der Waals surface area contributed by atoms with E-state index >= 15 is 0 Å². The summed E-state index contributed by atoms with van der Waals surface area (Å²) in [5.41, 5.74) is 0.406. The lowest BCUT2D eigenvalue weighted by atomic mass is 10.2. The first kappa shape index (κ1) is 15.8. The summed E-state index contributed by atoms with van der Waals surface area (Å²) < 4.78 is 1.63. The SMILES string of the molecule is C[C@@H]1C[C@@H]1C(=O)N1CCN(C(=O)c2cccc(-n3cccn3)n2)CC1. The van der Waals surface area contributed by atoms with E-state index in [1.54, 1.807) is 28.0 Å². The molecule has 1 saturated carbocycles. The van der Waals surface area contributed by atoms with Gasteiger partial charge in [0.1, 0.15) is 5.69 Å². The minimum atomic E-state index is -0.0964. The molecule has 1 saturated heterocycles. The lowest BCUT2D eigenvalue weighted by Crippen LogP contribution is -2.51. The summed E-state index contributed by atoms with van der Waals surface area (Å²) in [4.78, 5) is 33.1. The van der Waals surface area contributed by atoms with Crippen LogP contribution in [-0.4, -0.2) is 62.6 Å². The van der Waals surface area contributed by atoms with Crippen LogP contribution in [0.5, 0.6) is 0 Å². The molecule has 0 N–H and O–H groups in total. The van der Waals surface area contributed by atoms with Crippen LogP contribution in [0.2, 0.25) is 0 Å². The monoisotopic (exact) mass is 339 g/mol. The second-order valence-corrected chi connectivity index (χ2v) is 6.77. The van der Waals surface area contributed by atoms with Gasteiger partial charge in [-0.25, -0.2) is 9.67 Å². The molecule has 7 nitrogen and oxygen atoms in total. The maximum Gasteiger partial charge on any atom is 0.272 e. The van der Waals surface area contributed by atoms with Crippen molar-refractivity contribution in [3.8, 4) is 5.82 Å². The lowest BCUT2D eigenvalue weighted by molar-refractivity contribution is -0.134. The topological polar surface area (TPSA) is 71.3 Å². The molecule has 0 unspecified atom stereocenters. The minimum Gasteiger partial charge on any atom is -0.339 e. The third-order valence-corrected chi connectivity index (χ3v) is 5.00. The minimum absolute atomic E-state index is 0.0964. The molecule has 0 aromatic carbocycles. The zero-order chi connectivity index (χ0) is 17.4. The third kappa shape index (κ3) is 3.14. The van der Waals surface area contributed by atoms with Gasteiger partial charge in [-0.15, -0.1) is 0 Å². The summed E-state index contributed by atoms with van der Waals surface area (Å²) in [6.07, 6.45) is 4.47. The van der Waals surface area contributed by atoms with Crippen LogP contribution in [0, 0.1) is 11.8 Å². The van der Waals surface area contributed by atoms with Crippen LogP contribution in [0.4, 0.5) is 0 Å². The first-order chi connectivity index (χ1) is 12.1. The van der Waals surface area contributed by atoms with Gasteiger partial charge in [0.25, 0.3) is 5.91 Å². The molecule has 0 bridgehead atoms. The molecule has 25 heavy (non-hydrogen) atoms. The van der Waals surface area contributed by atoms with Gasteiger partial charge >= 0.3 is 0 Å². The van der Waals surface area contributed by atoms with Gasteiger partial charge in [0, 0.05) is 44.5 Å². The maximum absolute atomic E-state index is 12.7. The number of hydrogen-bond acceptors (Lipinski definition) is 4. The zero-order valence-electron chi connectivity index (χ0n) is 14.2. The highest BCUT2D eigenvalue weighted by Crippen LogP contribution is 2.39. The van der Waals surface area contributed by atoms with Crippen LogP contribution in [0.1, 0.15) is 23.8 Å². The number of piperazine rings is 1. The Hall–Kier alpha value is -2.70. The van der Waals surface area contributed by atoms with Gasteiger partial charge in [0.15, 0.2) is 5.82 Å². The predicted molar refractivity (Wildman–Crippen MR) is 91.1 cm³/mol. The molecular weight excluding hydrogens is 318 g/mol. The Bertz CT molecular complexity index is 781. The second-order valence-electron chi connectivity index (χ2n) is 6.77. The third-order valence-electron chi connectivity index (χ3n) is 5.00. The van der Waals surface area contributed by atoms with Crippen LogP contribution in [0.3, 0.4) is 0 Å². The van der Waals surface area contributed by atoms with Crippen molar-refractivity contribution in [1.82, 2.24) is 24.6 Å². The number of amides is 2. The van der Waals surface area contributed by atoms with Gasteiger partial charge in [-0.3, -0.25) is 9.59 Å². The standard InChI is InChI=1S/C18H21N5O2/c1-13-12-14(13)17(24)21-8-10-22(11-9-21)18(25)15-4-2-5-16(20-15)23-7-3-6-19-23/h2-7,13-14H,8-12H2,1H3/t13-,14+/m1/s1. The molecule has 2 aliphatic rings. The molecule has 1 aliphatic carbocycles. The highest BCUT2D eigenvalue weighted by Gasteiger charge is 2.42. The van der Waals surface area contributed by atoms with E-state index in [-0.39, 0.29) is 17.7 Å². The van der Waals surface area contributed by atoms with Gasteiger partial charge in [-0.1, -0.05) is 13.0 Å². The number of rotatable bonds is 3. The molecule has 3 heterocycles. The number of carbonyl (C=O) groups excluding carboxylic acids is 2. The fourth-order valence-electron chi connectivity index (χ4n) is 3.27. The van der Waals surface area contributed by atoms with E-state index in [4.69, 9.17) is 0 Å². The Balaban J connectivity index is 1.41. The second kappa shape index (κ2) is 6.31. The van der Waals surface area contributed by atoms with E-state index in [9.17, 15) is 9.59 Å². The molecule has 7 heteroatoms. The van der Waals surface area contributed by atoms with Crippen molar-refractivity contribution in [3.05, 3.63) is 42.4 Å². The summed E-state index contributed by atoms with van der Waals surface area (Å²) in [6.45, 7) is 4.43. The van der Waals surface area contributed by atoms with Crippen LogP contribution < -0.4 is 0 Å². The molecular formula is C18H21N5O2. The highest BCUT2D eigenvalue weighted by molar-refractivity contribution is 5.92. The number of pyridine rings is 1. The Morgan fingerprint density at radius 2 is 1.80 bits per heavy atom. The Labute approximate surface area is 146 Å². The molecule has 4 rings (SSSR count). The van der Waals surface area contributed by atoms with Gasteiger partial charge in [-0.05, 0) is 30.5 Å². The van der Waals surface area contributed by atoms with Crippen molar-refractivity contribution in [1.29, 1.82) is 0 Å². The molecule has 2 atom stereocenters. The smallest absolute Gasteiger partial charge is 0.272 e. The van der Waals surface area contributed by atoms with Crippen molar-refractivity contribution >= 4 is 11.8 Å². The molecule has 2 aromatic rings. The number of aromatic nitrogens is 3. The highest BCUT2D eigenvalue weighted by atomic mass is 16.2. The summed E-state index contributed by atoms with van der Waals surface area (Å²) in [7, 11) is 0. The largest absolute Gasteiger partial charge is 0.339 e. The van der Waals surface area contributed by atoms with E-state index in [1.807, 2.05) is 23.1 Å². The summed E-state index contributed by atoms with van der Waals surface area (Å²) in [5.74, 6) is 1.49. The normalized spacial score (nSPS) is 22.8. The van der Waals surface area contributed by atoms with Crippen LogP contribution in [0.25, 0.3) is 5.82 Å². The van der Waals surface area contributed by atoms with Gasteiger partial charge in [0.2, 0.25) is 5.91 Å². The van der Waals surface area contributed by atoms with Crippen LogP contribution >= 0.6 is 0 Å². The number of carbonyl (C=O) groups is 2. The quantitative estimate of drug-likeness (QED) is 0.843. The summed E-state index contributed by atoms with van der Waals surface area (Å²) >= 11 is 0. The molecule has 1 aliphatic heterocycles. The fraction of sp³-hybridized carbons (Fsp3) is 0.444. The summed E-state index contributed by atoms with van der Waals surface area (Å²) in [5, 5.41) is 4.14. The van der Waals surface area contributed by atoms with Crippen molar-refractivity contribution in [2.75, 3.05) is 26.2 Å².